The number of halogens is 2. The monoisotopic (exact) mass is 492 g/mol. The highest BCUT2D eigenvalue weighted by molar-refractivity contribution is 7.92. The largest absolute Gasteiger partial charge is 0.481 e. The highest BCUT2D eigenvalue weighted by Crippen LogP contribution is 2.25. The number of aryl methyl sites for hydroxylation is 2. The van der Waals surface area contributed by atoms with Crippen LogP contribution >= 0.6 is 23.2 Å². The van der Waals surface area contributed by atoms with Gasteiger partial charge in [0.1, 0.15) is 5.75 Å². The predicted octanol–water partition coefficient (Wildman–Crippen LogP) is 5.82. The molecule has 0 radical (unpaired) electrons. The van der Waals surface area contributed by atoms with Crippen LogP contribution in [0, 0.1) is 13.8 Å². The summed E-state index contributed by atoms with van der Waals surface area (Å²) < 4.78 is 33.4. The number of anilines is 2. The minimum atomic E-state index is -3.86. The summed E-state index contributed by atoms with van der Waals surface area (Å²) in [4.78, 5) is 12.5. The van der Waals surface area contributed by atoms with Crippen LogP contribution in [0.3, 0.4) is 0 Å². The molecule has 0 aromatic heterocycles. The quantitative estimate of drug-likeness (QED) is 0.435. The lowest BCUT2D eigenvalue weighted by atomic mass is 10.1. The number of hydrogen-bond acceptors (Lipinski definition) is 4. The molecule has 0 fully saturated rings. The molecule has 1 atom stereocenters. The normalized spacial score (nSPS) is 12.2. The molecule has 9 heteroatoms. The van der Waals surface area contributed by atoms with E-state index in [4.69, 9.17) is 27.9 Å². The van der Waals surface area contributed by atoms with Gasteiger partial charge in [0.15, 0.2) is 6.10 Å². The smallest absolute Gasteiger partial charge is 0.265 e. The third-order valence-corrected chi connectivity index (χ3v) is 6.26. The topological polar surface area (TPSA) is 84.5 Å². The number of rotatable bonds is 7. The Morgan fingerprint density at radius 2 is 1.44 bits per heavy atom. The molecule has 2 N–H and O–H groups in total. The minimum absolute atomic E-state index is 0.0196. The van der Waals surface area contributed by atoms with Crippen molar-refractivity contribution in [1.29, 1.82) is 0 Å². The first kappa shape index (κ1) is 23.9. The van der Waals surface area contributed by atoms with Gasteiger partial charge in [0.05, 0.1) is 10.6 Å². The van der Waals surface area contributed by atoms with Crippen LogP contribution in [0.25, 0.3) is 0 Å². The zero-order valence-corrected chi connectivity index (χ0v) is 20.0. The van der Waals surface area contributed by atoms with Gasteiger partial charge in [-0.2, -0.15) is 0 Å². The minimum Gasteiger partial charge on any atom is -0.481 e. The number of ether oxygens (including phenoxy) is 1. The zero-order chi connectivity index (χ0) is 23.5. The molecule has 0 aliphatic heterocycles. The lowest BCUT2D eigenvalue weighted by molar-refractivity contribution is -0.122. The first-order chi connectivity index (χ1) is 15.0. The van der Waals surface area contributed by atoms with Crippen molar-refractivity contribution in [3.05, 3.63) is 81.8 Å². The SMILES string of the molecule is Cc1cc(C)cc(OC(C)C(=O)Nc2ccc(S(=O)(=O)Nc3cc(Cl)cc(Cl)c3)cc2)c1. The van der Waals surface area contributed by atoms with Crippen molar-refractivity contribution in [2.24, 2.45) is 0 Å². The van der Waals surface area contributed by atoms with Crippen LogP contribution in [0.4, 0.5) is 11.4 Å². The van der Waals surface area contributed by atoms with Crippen LogP contribution in [0.1, 0.15) is 18.1 Å². The summed E-state index contributed by atoms with van der Waals surface area (Å²) in [5.41, 5.74) is 2.77. The number of sulfonamides is 1. The van der Waals surface area contributed by atoms with Crippen LogP contribution in [-0.2, 0) is 14.8 Å². The number of nitrogens with one attached hydrogen (secondary N) is 2. The Hall–Kier alpha value is -2.74. The summed E-state index contributed by atoms with van der Waals surface area (Å²) in [6.45, 7) is 5.55. The van der Waals surface area contributed by atoms with Crippen molar-refractivity contribution >= 4 is 50.5 Å². The highest BCUT2D eigenvalue weighted by atomic mass is 35.5. The molecule has 0 aliphatic carbocycles. The van der Waals surface area contributed by atoms with E-state index in [1.165, 1.54) is 42.5 Å². The van der Waals surface area contributed by atoms with Crippen molar-refractivity contribution < 1.29 is 17.9 Å². The van der Waals surface area contributed by atoms with Crippen LogP contribution in [0.2, 0.25) is 10.0 Å². The van der Waals surface area contributed by atoms with Crippen LogP contribution in [0.15, 0.2) is 65.6 Å². The maximum absolute atomic E-state index is 12.6. The van der Waals surface area contributed by atoms with E-state index >= 15 is 0 Å². The zero-order valence-electron chi connectivity index (χ0n) is 17.6. The van der Waals surface area contributed by atoms with Crippen molar-refractivity contribution in [3.8, 4) is 5.75 Å². The summed E-state index contributed by atoms with van der Waals surface area (Å²) in [7, 11) is -3.86. The molecule has 0 saturated carbocycles. The predicted molar refractivity (Wildman–Crippen MR) is 128 cm³/mol. The van der Waals surface area contributed by atoms with E-state index in [0.29, 0.717) is 21.5 Å². The maximum Gasteiger partial charge on any atom is 0.265 e. The molecule has 1 unspecified atom stereocenters. The summed E-state index contributed by atoms with van der Waals surface area (Å²) in [5, 5.41) is 3.34. The fourth-order valence-electron chi connectivity index (χ4n) is 3.05. The average Bonchev–Trinajstić information content (AvgIpc) is 2.66. The molecule has 6 nitrogen and oxygen atoms in total. The van der Waals surface area contributed by atoms with Gasteiger partial charge >= 0.3 is 0 Å². The van der Waals surface area contributed by atoms with E-state index in [1.54, 1.807) is 6.92 Å². The van der Waals surface area contributed by atoms with Crippen molar-refractivity contribution in [2.45, 2.75) is 31.8 Å². The van der Waals surface area contributed by atoms with Crippen molar-refractivity contribution in [2.75, 3.05) is 10.0 Å². The first-order valence-electron chi connectivity index (χ1n) is 9.66. The van der Waals surface area contributed by atoms with Gasteiger partial charge in [0, 0.05) is 15.7 Å². The molecule has 168 valence electrons. The molecule has 0 heterocycles. The number of carbonyl (C=O) groups is 1. The fourth-order valence-corrected chi connectivity index (χ4v) is 4.61. The van der Waals surface area contributed by atoms with Gasteiger partial charge < -0.3 is 10.1 Å². The summed E-state index contributed by atoms with van der Waals surface area (Å²) >= 11 is 11.8. The van der Waals surface area contributed by atoms with E-state index < -0.39 is 16.1 Å². The van der Waals surface area contributed by atoms with Gasteiger partial charge in [-0.1, -0.05) is 29.3 Å². The van der Waals surface area contributed by atoms with Gasteiger partial charge in [-0.15, -0.1) is 0 Å². The Morgan fingerprint density at radius 1 is 0.875 bits per heavy atom. The Bertz CT molecular complexity index is 1200. The average molecular weight is 493 g/mol. The number of carbonyl (C=O) groups excluding carboxylic acids is 1. The molecular weight excluding hydrogens is 471 g/mol. The fraction of sp³-hybridized carbons (Fsp3) is 0.174. The molecule has 3 rings (SSSR count). The van der Waals surface area contributed by atoms with E-state index in [9.17, 15) is 13.2 Å². The van der Waals surface area contributed by atoms with E-state index in [1.807, 2.05) is 32.0 Å². The summed E-state index contributed by atoms with van der Waals surface area (Å²) in [5.74, 6) is 0.255. The molecule has 3 aromatic carbocycles. The third-order valence-electron chi connectivity index (χ3n) is 4.42. The Morgan fingerprint density at radius 3 is 2.00 bits per heavy atom. The summed E-state index contributed by atoms with van der Waals surface area (Å²) in [6, 6.07) is 15.9. The second kappa shape index (κ2) is 9.81. The Kier molecular flexibility index (Phi) is 7.33. The second-order valence-electron chi connectivity index (χ2n) is 7.36. The number of benzene rings is 3. The van der Waals surface area contributed by atoms with Gasteiger partial charge in [-0.05, 0) is 86.5 Å². The van der Waals surface area contributed by atoms with E-state index in [-0.39, 0.29) is 16.5 Å². The molecule has 0 spiro atoms. The molecule has 3 aromatic rings. The van der Waals surface area contributed by atoms with E-state index in [2.05, 4.69) is 10.0 Å². The molecule has 0 bridgehead atoms. The maximum atomic E-state index is 12.6. The van der Waals surface area contributed by atoms with Crippen molar-refractivity contribution in [1.82, 2.24) is 0 Å². The van der Waals surface area contributed by atoms with Gasteiger partial charge in [-0.3, -0.25) is 9.52 Å². The third kappa shape index (κ3) is 6.38. The highest BCUT2D eigenvalue weighted by Gasteiger charge is 2.18. The lowest BCUT2D eigenvalue weighted by Gasteiger charge is -2.16. The standard InChI is InChI=1S/C23H22Cl2N2O4S/c1-14-8-15(2)10-21(9-14)31-16(3)23(28)26-19-4-6-22(7-5-19)32(29,30)27-20-12-17(24)11-18(25)13-20/h4-13,16,27H,1-3H3,(H,26,28). The lowest BCUT2D eigenvalue weighted by Crippen LogP contribution is -2.30. The second-order valence-corrected chi connectivity index (χ2v) is 9.92. The molecule has 0 aliphatic rings. The van der Waals surface area contributed by atoms with Crippen LogP contribution < -0.4 is 14.8 Å². The first-order valence-corrected chi connectivity index (χ1v) is 11.9. The molecular formula is C23H22Cl2N2O4S. The Balaban J connectivity index is 1.66. The molecule has 0 saturated heterocycles. The summed E-state index contributed by atoms with van der Waals surface area (Å²) in [6.07, 6.45) is -0.742. The van der Waals surface area contributed by atoms with E-state index in [0.717, 1.165) is 11.1 Å². The van der Waals surface area contributed by atoms with Gasteiger partial charge in [0.2, 0.25) is 0 Å². The van der Waals surface area contributed by atoms with Gasteiger partial charge in [0.25, 0.3) is 15.9 Å². The van der Waals surface area contributed by atoms with Crippen LogP contribution in [0.5, 0.6) is 5.75 Å². The van der Waals surface area contributed by atoms with Gasteiger partial charge in [-0.25, -0.2) is 8.42 Å². The molecule has 1 amide bonds. The number of amides is 1. The van der Waals surface area contributed by atoms with Crippen molar-refractivity contribution in [3.63, 3.8) is 0 Å². The number of hydrogen-bond donors (Lipinski definition) is 2. The Labute approximate surface area is 197 Å². The molecule has 32 heavy (non-hydrogen) atoms. The van der Waals surface area contributed by atoms with Crippen LogP contribution in [-0.4, -0.2) is 20.4 Å².